The third-order valence-corrected chi connectivity index (χ3v) is 2.74. The fourth-order valence-corrected chi connectivity index (χ4v) is 1.70. The van der Waals surface area contributed by atoms with Gasteiger partial charge in [-0.05, 0) is 36.8 Å². The van der Waals surface area contributed by atoms with E-state index in [2.05, 4.69) is 6.07 Å². The van der Waals surface area contributed by atoms with Gasteiger partial charge in [0.05, 0.1) is 13.7 Å². The zero-order chi connectivity index (χ0) is 9.97. The van der Waals surface area contributed by atoms with E-state index in [-0.39, 0.29) is 6.61 Å². The molecule has 1 aromatic carbocycles. The maximum Gasteiger partial charge on any atom is 0.124 e. The Bertz CT molecular complexity index is 316. The second-order valence-electron chi connectivity index (χ2n) is 3.95. The minimum Gasteiger partial charge on any atom is -0.496 e. The Kier molecular flexibility index (Phi) is 2.73. The van der Waals surface area contributed by atoms with E-state index in [9.17, 15) is 0 Å². The molecule has 0 amide bonds. The molecule has 0 bridgehead atoms. The molecule has 0 atom stereocenters. The lowest BCUT2D eigenvalue weighted by Gasteiger charge is -2.08. The van der Waals surface area contributed by atoms with Crippen molar-refractivity contribution in [3.8, 4) is 5.75 Å². The molecule has 1 saturated carbocycles. The van der Waals surface area contributed by atoms with Crippen molar-refractivity contribution in [1.29, 1.82) is 0 Å². The van der Waals surface area contributed by atoms with Crippen LogP contribution < -0.4 is 4.74 Å². The van der Waals surface area contributed by atoms with E-state index >= 15 is 0 Å². The van der Waals surface area contributed by atoms with Crippen LogP contribution in [0.2, 0.25) is 0 Å². The Labute approximate surface area is 84.5 Å². The van der Waals surface area contributed by atoms with Crippen molar-refractivity contribution in [2.24, 2.45) is 5.92 Å². The third kappa shape index (κ3) is 2.07. The molecular formula is C12H16O2. The lowest BCUT2D eigenvalue weighted by atomic mass is 10.1. The van der Waals surface area contributed by atoms with Gasteiger partial charge in [-0.3, -0.25) is 0 Å². The summed E-state index contributed by atoms with van der Waals surface area (Å²) in [7, 11) is 1.65. The summed E-state index contributed by atoms with van der Waals surface area (Å²) >= 11 is 0. The van der Waals surface area contributed by atoms with Crippen LogP contribution in [0.25, 0.3) is 0 Å². The summed E-state index contributed by atoms with van der Waals surface area (Å²) in [4.78, 5) is 0. The Morgan fingerprint density at radius 2 is 2.21 bits per heavy atom. The second-order valence-corrected chi connectivity index (χ2v) is 3.95. The van der Waals surface area contributed by atoms with Crippen molar-refractivity contribution in [1.82, 2.24) is 0 Å². The van der Waals surface area contributed by atoms with Crippen LogP contribution in [0.15, 0.2) is 18.2 Å². The first-order valence-corrected chi connectivity index (χ1v) is 5.10. The van der Waals surface area contributed by atoms with Crippen molar-refractivity contribution < 1.29 is 9.84 Å². The van der Waals surface area contributed by atoms with Crippen molar-refractivity contribution in [3.05, 3.63) is 29.3 Å². The van der Waals surface area contributed by atoms with Crippen LogP contribution >= 0.6 is 0 Å². The Morgan fingerprint density at radius 1 is 1.43 bits per heavy atom. The first kappa shape index (κ1) is 9.53. The van der Waals surface area contributed by atoms with Crippen molar-refractivity contribution in [3.63, 3.8) is 0 Å². The molecule has 1 fully saturated rings. The van der Waals surface area contributed by atoms with Gasteiger partial charge in [0.15, 0.2) is 0 Å². The minimum absolute atomic E-state index is 0.0485. The molecule has 14 heavy (non-hydrogen) atoms. The highest BCUT2D eigenvalue weighted by atomic mass is 16.5. The molecule has 0 aromatic heterocycles. The predicted molar refractivity (Wildman–Crippen MR) is 55.3 cm³/mol. The standard InChI is InChI=1S/C12H16O2/c1-14-12-7-10(6-9-2-3-9)4-5-11(12)8-13/h4-5,7,9,13H,2-3,6,8H2,1H3. The number of aliphatic hydroxyl groups excluding tert-OH is 1. The molecule has 1 aliphatic rings. The molecule has 76 valence electrons. The van der Waals surface area contributed by atoms with Gasteiger partial charge in [0.1, 0.15) is 5.75 Å². The van der Waals surface area contributed by atoms with Crippen LogP contribution in [0.3, 0.4) is 0 Å². The van der Waals surface area contributed by atoms with Gasteiger partial charge in [-0.1, -0.05) is 12.1 Å². The van der Waals surface area contributed by atoms with Crippen molar-refractivity contribution in [2.45, 2.75) is 25.9 Å². The Hall–Kier alpha value is -1.02. The third-order valence-electron chi connectivity index (χ3n) is 2.74. The van der Waals surface area contributed by atoms with E-state index in [1.165, 1.54) is 18.4 Å². The predicted octanol–water partition coefficient (Wildman–Crippen LogP) is 2.14. The number of hydrogen-bond acceptors (Lipinski definition) is 2. The summed E-state index contributed by atoms with van der Waals surface area (Å²) in [6.07, 6.45) is 3.89. The molecule has 1 N–H and O–H groups in total. The van der Waals surface area contributed by atoms with Crippen molar-refractivity contribution >= 4 is 0 Å². The van der Waals surface area contributed by atoms with E-state index < -0.39 is 0 Å². The molecule has 2 rings (SSSR count). The molecular weight excluding hydrogens is 176 g/mol. The van der Waals surface area contributed by atoms with Crippen molar-refractivity contribution in [2.75, 3.05) is 7.11 Å². The maximum absolute atomic E-state index is 9.05. The van der Waals surface area contributed by atoms with E-state index in [0.29, 0.717) is 0 Å². The summed E-state index contributed by atoms with van der Waals surface area (Å²) in [5, 5.41) is 9.05. The van der Waals surface area contributed by atoms with E-state index in [1.54, 1.807) is 7.11 Å². The lowest BCUT2D eigenvalue weighted by Crippen LogP contribution is -1.94. The van der Waals surface area contributed by atoms with Gasteiger partial charge in [-0.25, -0.2) is 0 Å². The summed E-state index contributed by atoms with van der Waals surface area (Å²) in [6.45, 7) is 0.0485. The quantitative estimate of drug-likeness (QED) is 0.792. The van der Waals surface area contributed by atoms with Gasteiger partial charge < -0.3 is 9.84 Å². The molecule has 0 heterocycles. The molecule has 2 nitrogen and oxygen atoms in total. The first-order chi connectivity index (χ1) is 6.83. The van der Waals surface area contributed by atoms with E-state index in [4.69, 9.17) is 9.84 Å². The van der Waals surface area contributed by atoms with Crippen LogP contribution in [-0.2, 0) is 13.0 Å². The average molecular weight is 192 g/mol. The summed E-state index contributed by atoms with van der Waals surface area (Å²) < 4.78 is 5.22. The lowest BCUT2D eigenvalue weighted by molar-refractivity contribution is 0.273. The zero-order valence-corrected chi connectivity index (χ0v) is 8.49. The monoisotopic (exact) mass is 192 g/mol. The molecule has 2 heteroatoms. The minimum atomic E-state index is 0.0485. The second kappa shape index (κ2) is 4.01. The number of ether oxygens (including phenoxy) is 1. The molecule has 1 aromatic rings. The molecule has 1 aliphatic carbocycles. The van der Waals surface area contributed by atoms with Gasteiger partial charge in [0.25, 0.3) is 0 Å². The normalized spacial score (nSPS) is 15.6. The fourth-order valence-electron chi connectivity index (χ4n) is 1.70. The smallest absolute Gasteiger partial charge is 0.124 e. The van der Waals surface area contributed by atoms with E-state index in [0.717, 1.165) is 23.7 Å². The fraction of sp³-hybridized carbons (Fsp3) is 0.500. The number of methoxy groups -OCH3 is 1. The van der Waals surface area contributed by atoms with Gasteiger partial charge in [-0.15, -0.1) is 0 Å². The molecule has 0 unspecified atom stereocenters. The van der Waals surface area contributed by atoms with Gasteiger partial charge >= 0.3 is 0 Å². The summed E-state index contributed by atoms with van der Waals surface area (Å²) in [6, 6.07) is 6.09. The topological polar surface area (TPSA) is 29.5 Å². The molecule has 0 aliphatic heterocycles. The Balaban J connectivity index is 2.16. The van der Waals surface area contributed by atoms with Gasteiger partial charge in [0, 0.05) is 5.56 Å². The summed E-state index contributed by atoms with van der Waals surface area (Å²) in [5.41, 5.74) is 2.19. The number of benzene rings is 1. The van der Waals surface area contributed by atoms with Crippen LogP contribution in [-0.4, -0.2) is 12.2 Å². The van der Waals surface area contributed by atoms with Crippen LogP contribution in [0.5, 0.6) is 5.75 Å². The Morgan fingerprint density at radius 3 is 2.79 bits per heavy atom. The van der Waals surface area contributed by atoms with Crippen LogP contribution in [0, 0.1) is 5.92 Å². The molecule has 0 radical (unpaired) electrons. The highest BCUT2D eigenvalue weighted by Gasteiger charge is 2.21. The number of aliphatic hydroxyl groups is 1. The molecule has 0 spiro atoms. The van der Waals surface area contributed by atoms with Crippen LogP contribution in [0.4, 0.5) is 0 Å². The largest absolute Gasteiger partial charge is 0.496 e. The number of hydrogen-bond donors (Lipinski definition) is 1. The van der Waals surface area contributed by atoms with Gasteiger partial charge in [0.2, 0.25) is 0 Å². The van der Waals surface area contributed by atoms with E-state index in [1.807, 2.05) is 12.1 Å². The van der Waals surface area contributed by atoms with Gasteiger partial charge in [-0.2, -0.15) is 0 Å². The summed E-state index contributed by atoms with van der Waals surface area (Å²) in [5.74, 6) is 1.70. The SMILES string of the molecule is COc1cc(CC2CC2)ccc1CO. The zero-order valence-electron chi connectivity index (χ0n) is 8.49. The number of rotatable bonds is 4. The van der Waals surface area contributed by atoms with Crippen LogP contribution in [0.1, 0.15) is 24.0 Å². The maximum atomic E-state index is 9.05. The highest BCUT2D eigenvalue weighted by Crippen LogP contribution is 2.33. The highest BCUT2D eigenvalue weighted by molar-refractivity contribution is 5.37. The first-order valence-electron chi connectivity index (χ1n) is 5.10. The average Bonchev–Trinajstić information content (AvgIpc) is 3.01. The molecule has 0 saturated heterocycles.